The first-order valence-corrected chi connectivity index (χ1v) is 6.83. The zero-order valence-corrected chi connectivity index (χ0v) is 12.3. The minimum Gasteiger partial charge on any atom is -0.344 e. The van der Waals surface area contributed by atoms with Gasteiger partial charge in [0.15, 0.2) is 5.69 Å². The molecule has 1 aromatic carbocycles. The Labute approximate surface area is 124 Å². The van der Waals surface area contributed by atoms with Crippen LogP contribution in [0.5, 0.6) is 0 Å². The molecule has 0 atom stereocenters. The molecule has 0 unspecified atom stereocenters. The predicted octanol–water partition coefficient (Wildman–Crippen LogP) is 4.16. The summed E-state index contributed by atoms with van der Waals surface area (Å²) in [4.78, 5) is 0.166. The molecule has 1 heterocycles. The van der Waals surface area contributed by atoms with Gasteiger partial charge in [0.25, 0.3) is 6.43 Å². The van der Waals surface area contributed by atoms with E-state index in [1.807, 2.05) is 0 Å². The van der Waals surface area contributed by atoms with Crippen molar-refractivity contribution in [1.82, 2.24) is 9.59 Å². The Hall–Kier alpha value is -1.06. The van der Waals surface area contributed by atoms with E-state index in [2.05, 4.69) is 30.8 Å². The number of nitrogens with zero attached hydrogens (tertiary/aromatic N) is 2. The van der Waals surface area contributed by atoms with Gasteiger partial charge in [-0.1, -0.05) is 16.7 Å². The van der Waals surface area contributed by atoms with Crippen molar-refractivity contribution >= 4 is 50.4 Å². The highest BCUT2D eigenvalue weighted by Crippen LogP contribution is 2.27. The Balaban J connectivity index is 2.23. The molecule has 0 spiro atoms. The van der Waals surface area contributed by atoms with E-state index in [1.165, 1.54) is 18.2 Å². The van der Waals surface area contributed by atoms with Crippen LogP contribution in [0.15, 0.2) is 22.7 Å². The van der Waals surface area contributed by atoms with Crippen LogP contribution in [0.1, 0.15) is 17.0 Å². The van der Waals surface area contributed by atoms with Crippen molar-refractivity contribution in [2.75, 3.05) is 5.32 Å². The van der Waals surface area contributed by atoms with Crippen LogP contribution >= 0.6 is 39.7 Å². The molecule has 0 aliphatic rings. The SMILES string of the molecule is Fc1ccc(NC(=S)c2snnc2C(F)F)c(Br)c1. The van der Waals surface area contributed by atoms with Gasteiger partial charge in [-0.3, -0.25) is 0 Å². The monoisotopic (exact) mass is 367 g/mol. The average Bonchev–Trinajstić information content (AvgIpc) is 2.82. The normalized spacial score (nSPS) is 10.8. The van der Waals surface area contributed by atoms with Crippen LogP contribution < -0.4 is 5.32 Å². The molecule has 1 aromatic heterocycles. The lowest BCUT2D eigenvalue weighted by molar-refractivity contribution is 0.146. The molecule has 0 bridgehead atoms. The Kier molecular flexibility index (Phi) is 4.48. The summed E-state index contributed by atoms with van der Waals surface area (Å²) < 4.78 is 42.1. The molecule has 2 aromatic rings. The van der Waals surface area contributed by atoms with E-state index in [0.717, 1.165) is 11.5 Å². The first-order valence-electron chi connectivity index (χ1n) is 4.86. The summed E-state index contributed by atoms with van der Waals surface area (Å²) in [5.41, 5.74) is 0.0146. The van der Waals surface area contributed by atoms with E-state index in [-0.39, 0.29) is 9.87 Å². The van der Waals surface area contributed by atoms with Crippen LogP contribution in [0.25, 0.3) is 0 Å². The van der Waals surface area contributed by atoms with E-state index < -0.39 is 17.9 Å². The van der Waals surface area contributed by atoms with Crippen molar-refractivity contribution in [2.24, 2.45) is 0 Å². The number of rotatable bonds is 3. The van der Waals surface area contributed by atoms with Crippen molar-refractivity contribution in [1.29, 1.82) is 0 Å². The second-order valence-electron chi connectivity index (χ2n) is 3.37. The Morgan fingerprint density at radius 1 is 1.42 bits per heavy atom. The molecule has 1 N–H and O–H groups in total. The quantitative estimate of drug-likeness (QED) is 0.826. The van der Waals surface area contributed by atoms with Crippen molar-refractivity contribution in [3.05, 3.63) is 39.1 Å². The highest BCUT2D eigenvalue weighted by atomic mass is 79.9. The fraction of sp³-hybridized carbons (Fsp3) is 0.100. The van der Waals surface area contributed by atoms with Crippen LogP contribution in [0.3, 0.4) is 0 Å². The molecule has 0 amide bonds. The highest BCUT2D eigenvalue weighted by Gasteiger charge is 2.21. The fourth-order valence-corrected chi connectivity index (χ4v) is 2.61. The third kappa shape index (κ3) is 3.28. The average molecular weight is 368 g/mol. The second kappa shape index (κ2) is 5.93. The number of nitrogens with one attached hydrogen (secondary N) is 1. The zero-order valence-electron chi connectivity index (χ0n) is 9.03. The molecule has 0 saturated carbocycles. The Bertz CT molecular complexity index is 618. The summed E-state index contributed by atoms with van der Waals surface area (Å²) >= 11 is 8.96. The molecule has 19 heavy (non-hydrogen) atoms. The van der Waals surface area contributed by atoms with Crippen molar-refractivity contribution < 1.29 is 13.2 Å². The van der Waals surface area contributed by atoms with Gasteiger partial charge in [0, 0.05) is 4.47 Å². The van der Waals surface area contributed by atoms with Crippen LogP contribution in [-0.2, 0) is 0 Å². The number of aromatic nitrogens is 2. The van der Waals surface area contributed by atoms with E-state index in [1.54, 1.807) is 0 Å². The zero-order chi connectivity index (χ0) is 14.0. The lowest BCUT2D eigenvalue weighted by atomic mass is 10.3. The Morgan fingerprint density at radius 2 is 2.16 bits per heavy atom. The summed E-state index contributed by atoms with van der Waals surface area (Å²) in [6, 6.07) is 3.92. The lowest BCUT2D eigenvalue weighted by Gasteiger charge is -2.09. The van der Waals surface area contributed by atoms with Crippen LogP contribution in [0.4, 0.5) is 18.9 Å². The third-order valence-electron chi connectivity index (χ3n) is 2.11. The summed E-state index contributed by atoms with van der Waals surface area (Å²) in [6.45, 7) is 0. The first-order chi connectivity index (χ1) is 8.99. The number of thiocarbonyl (C=S) groups is 1. The maximum absolute atomic E-state index is 12.9. The number of hydrogen-bond donors (Lipinski definition) is 1. The highest BCUT2D eigenvalue weighted by molar-refractivity contribution is 9.10. The number of halogens is 4. The molecule has 2 rings (SSSR count). The van der Waals surface area contributed by atoms with Crippen molar-refractivity contribution in [3.8, 4) is 0 Å². The summed E-state index contributed by atoms with van der Waals surface area (Å²) in [7, 11) is 0. The van der Waals surface area contributed by atoms with E-state index in [0.29, 0.717) is 10.2 Å². The summed E-state index contributed by atoms with van der Waals surface area (Å²) in [5.74, 6) is -0.420. The molecule has 3 nitrogen and oxygen atoms in total. The van der Waals surface area contributed by atoms with Gasteiger partial charge in [-0.25, -0.2) is 13.2 Å². The van der Waals surface area contributed by atoms with Gasteiger partial charge >= 0.3 is 0 Å². The minimum absolute atomic E-state index is 0.0672. The van der Waals surface area contributed by atoms with Gasteiger partial charge in [-0.05, 0) is 45.7 Å². The summed E-state index contributed by atoms with van der Waals surface area (Å²) in [6.07, 6.45) is -2.75. The van der Waals surface area contributed by atoms with E-state index in [4.69, 9.17) is 12.2 Å². The summed E-state index contributed by atoms with van der Waals surface area (Å²) in [5, 5.41) is 6.08. The standard InChI is InChI=1S/C10H5BrF3N3S2/c11-5-3-4(12)1-2-6(5)15-10(18)8-7(9(13)14)16-17-19-8/h1-3,9H,(H,15,18). The first kappa shape index (κ1) is 14.4. The van der Waals surface area contributed by atoms with E-state index in [9.17, 15) is 13.2 Å². The molecule has 0 saturated heterocycles. The molecule has 0 aliphatic heterocycles. The largest absolute Gasteiger partial charge is 0.344 e. The molecule has 100 valence electrons. The van der Waals surface area contributed by atoms with Gasteiger partial charge < -0.3 is 5.32 Å². The lowest BCUT2D eigenvalue weighted by Crippen LogP contribution is -2.11. The van der Waals surface area contributed by atoms with Crippen molar-refractivity contribution in [3.63, 3.8) is 0 Å². The van der Waals surface area contributed by atoms with Gasteiger partial charge in [0.2, 0.25) is 0 Å². The van der Waals surface area contributed by atoms with Crippen LogP contribution in [0.2, 0.25) is 0 Å². The Morgan fingerprint density at radius 3 is 2.79 bits per heavy atom. The molecule has 0 radical (unpaired) electrons. The molecule has 0 aliphatic carbocycles. The van der Waals surface area contributed by atoms with Crippen molar-refractivity contribution in [2.45, 2.75) is 6.43 Å². The van der Waals surface area contributed by atoms with Gasteiger partial charge in [0.1, 0.15) is 15.7 Å². The molecule has 9 heteroatoms. The topological polar surface area (TPSA) is 37.8 Å². The number of alkyl halides is 2. The second-order valence-corrected chi connectivity index (χ2v) is 5.38. The van der Waals surface area contributed by atoms with Gasteiger partial charge in [-0.15, -0.1) is 5.10 Å². The fourth-order valence-electron chi connectivity index (χ4n) is 1.27. The predicted molar refractivity (Wildman–Crippen MR) is 74.3 cm³/mol. The number of hydrogen-bond acceptors (Lipinski definition) is 4. The molecular weight excluding hydrogens is 363 g/mol. The van der Waals surface area contributed by atoms with E-state index >= 15 is 0 Å². The number of anilines is 1. The molecule has 0 fully saturated rings. The third-order valence-corrected chi connectivity index (χ3v) is 3.96. The number of benzene rings is 1. The van der Waals surface area contributed by atoms with Crippen LogP contribution in [0, 0.1) is 5.82 Å². The van der Waals surface area contributed by atoms with Crippen LogP contribution in [-0.4, -0.2) is 14.6 Å². The molecular formula is C10H5BrF3N3S2. The van der Waals surface area contributed by atoms with Gasteiger partial charge in [-0.2, -0.15) is 0 Å². The minimum atomic E-state index is -2.75. The maximum atomic E-state index is 12.9. The van der Waals surface area contributed by atoms with Gasteiger partial charge in [0.05, 0.1) is 5.69 Å². The maximum Gasteiger partial charge on any atom is 0.283 e. The smallest absolute Gasteiger partial charge is 0.283 e.